The summed E-state index contributed by atoms with van der Waals surface area (Å²) >= 11 is 0. The number of amides is 3. The van der Waals surface area contributed by atoms with E-state index in [1.165, 1.54) is 11.1 Å². The molecule has 170 valence electrons. The Morgan fingerprint density at radius 3 is 2.70 bits per heavy atom. The average molecular weight is 447 g/mol. The molecule has 3 aliphatic heterocycles. The number of pyridine rings is 1. The molecule has 6 rings (SSSR count). The minimum atomic E-state index is -0.600. The molecule has 0 radical (unpaired) electrons. The van der Waals surface area contributed by atoms with E-state index in [1.54, 1.807) is 11.0 Å². The first-order valence-corrected chi connectivity index (χ1v) is 11.7. The zero-order valence-corrected chi connectivity index (χ0v) is 18.3. The summed E-state index contributed by atoms with van der Waals surface area (Å²) in [6, 6.07) is 7.47. The standard InChI is InChI=1S/C25H26N4O4/c30-23-7-6-21(24(31)27-23)29-14-16-10-18(4-5-19(16)25(29)32)33-22-3-1-2-20(22)28-12-15-8-9-26-11-17(15)13-28/h4-5,8-11,20-22H,1-3,6-7,12-14H2,(H,27,30,31). The predicted molar refractivity (Wildman–Crippen MR) is 118 cm³/mol. The number of nitrogens with one attached hydrogen (secondary N) is 1. The van der Waals surface area contributed by atoms with Crippen molar-refractivity contribution in [3.8, 4) is 5.75 Å². The van der Waals surface area contributed by atoms with Crippen LogP contribution in [0.4, 0.5) is 0 Å². The molecule has 1 aromatic heterocycles. The van der Waals surface area contributed by atoms with E-state index in [2.05, 4.69) is 21.3 Å². The Balaban J connectivity index is 1.16. The first-order chi connectivity index (χ1) is 16.1. The molecule has 1 N–H and O–H groups in total. The number of rotatable bonds is 4. The normalized spacial score (nSPS) is 27.0. The van der Waals surface area contributed by atoms with Gasteiger partial charge in [-0.3, -0.25) is 29.6 Å². The quantitative estimate of drug-likeness (QED) is 0.724. The van der Waals surface area contributed by atoms with Crippen LogP contribution < -0.4 is 10.1 Å². The molecule has 3 unspecified atom stereocenters. The lowest BCUT2D eigenvalue weighted by molar-refractivity contribution is -0.136. The van der Waals surface area contributed by atoms with Gasteiger partial charge < -0.3 is 9.64 Å². The van der Waals surface area contributed by atoms with Crippen LogP contribution in [0.2, 0.25) is 0 Å². The van der Waals surface area contributed by atoms with Crippen LogP contribution in [0.5, 0.6) is 5.75 Å². The van der Waals surface area contributed by atoms with Crippen molar-refractivity contribution in [2.24, 2.45) is 0 Å². The van der Waals surface area contributed by atoms with Gasteiger partial charge in [-0.15, -0.1) is 0 Å². The van der Waals surface area contributed by atoms with Gasteiger partial charge in [0.25, 0.3) is 5.91 Å². The highest BCUT2D eigenvalue weighted by Gasteiger charge is 2.40. The summed E-state index contributed by atoms with van der Waals surface area (Å²) in [6.07, 6.45) is 7.80. The van der Waals surface area contributed by atoms with Gasteiger partial charge in [0.15, 0.2) is 0 Å². The zero-order valence-electron chi connectivity index (χ0n) is 18.3. The number of aromatic nitrogens is 1. The third-order valence-electron chi connectivity index (χ3n) is 7.42. The van der Waals surface area contributed by atoms with Crippen LogP contribution in [0.3, 0.4) is 0 Å². The highest BCUT2D eigenvalue weighted by molar-refractivity contribution is 6.05. The van der Waals surface area contributed by atoms with Crippen LogP contribution >= 0.6 is 0 Å². The number of ether oxygens (including phenoxy) is 1. The summed E-state index contributed by atoms with van der Waals surface area (Å²) < 4.78 is 6.46. The second-order valence-corrected chi connectivity index (χ2v) is 9.42. The highest BCUT2D eigenvalue weighted by Crippen LogP contribution is 2.35. The molecule has 4 heterocycles. The second kappa shape index (κ2) is 7.95. The molecule has 3 atom stereocenters. The molecule has 4 aliphatic rings. The van der Waals surface area contributed by atoms with Crippen LogP contribution in [0.25, 0.3) is 0 Å². The molecule has 8 nitrogen and oxygen atoms in total. The molecule has 1 aromatic carbocycles. The van der Waals surface area contributed by atoms with Gasteiger partial charge in [-0.1, -0.05) is 0 Å². The van der Waals surface area contributed by atoms with Gasteiger partial charge >= 0.3 is 0 Å². The first-order valence-electron chi connectivity index (χ1n) is 11.7. The Bertz CT molecular complexity index is 1120. The van der Waals surface area contributed by atoms with Crippen molar-refractivity contribution in [2.75, 3.05) is 0 Å². The Labute approximate surface area is 191 Å². The predicted octanol–water partition coefficient (Wildman–Crippen LogP) is 2.16. The summed E-state index contributed by atoms with van der Waals surface area (Å²) in [6.45, 7) is 2.20. The Kier molecular flexibility index (Phi) is 4.90. The van der Waals surface area contributed by atoms with Crippen LogP contribution in [0.1, 0.15) is 59.2 Å². The maximum atomic E-state index is 12.9. The number of hydrogen-bond acceptors (Lipinski definition) is 6. The van der Waals surface area contributed by atoms with Crippen LogP contribution in [-0.4, -0.2) is 50.7 Å². The van der Waals surface area contributed by atoms with E-state index >= 15 is 0 Å². The molecular formula is C25H26N4O4. The molecule has 33 heavy (non-hydrogen) atoms. The topological polar surface area (TPSA) is 91.8 Å². The van der Waals surface area contributed by atoms with E-state index in [0.29, 0.717) is 24.6 Å². The van der Waals surface area contributed by atoms with Crippen molar-refractivity contribution < 1.29 is 19.1 Å². The molecule has 0 spiro atoms. The van der Waals surface area contributed by atoms with Gasteiger partial charge in [0.1, 0.15) is 17.9 Å². The maximum absolute atomic E-state index is 12.9. The largest absolute Gasteiger partial charge is 0.489 e. The van der Waals surface area contributed by atoms with E-state index in [9.17, 15) is 14.4 Å². The SMILES string of the molecule is O=C1CCC(N2Cc3cc(OC4CCCC4N4Cc5ccncc5C4)ccc3C2=O)C(=O)N1. The molecule has 8 heteroatoms. The lowest BCUT2D eigenvalue weighted by Gasteiger charge is -2.29. The minimum Gasteiger partial charge on any atom is -0.489 e. The monoisotopic (exact) mass is 446 g/mol. The van der Waals surface area contributed by atoms with Gasteiger partial charge in [0.2, 0.25) is 11.8 Å². The molecule has 3 amide bonds. The maximum Gasteiger partial charge on any atom is 0.255 e. The number of piperidine rings is 1. The van der Waals surface area contributed by atoms with Gasteiger partial charge in [-0.2, -0.15) is 0 Å². The Hall–Kier alpha value is -3.26. The molecule has 2 fully saturated rings. The molecule has 1 aliphatic carbocycles. The number of hydrogen-bond donors (Lipinski definition) is 1. The zero-order chi connectivity index (χ0) is 22.5. The lowest BCUT2D eigenvalue weighted by Crippen LogP contribution is -2.52. The van der Waals surface area contributed by atoms with Crippen molar-refractivity contribution in [1.29, 1.82) is 0 Å². The van der Waals surface area contributed by atoms with Crippen molar-refractivity contribution in [3.05, 3.63) is 58.9 Å². The van der Waals surface area contributed by atoms with E-state index in [-0.39, 0.29) is 30.2 Å². The fraction of sp³-hybridized carbons (Fsp3) is 0.440. The number of carbonyl (C=O) groups excluding carboxylic acids is 3. The van der Waals surface area contributed by atoms with Crippen LogP contribution in [-0.2, 0) is 29.2 Å². The van der Waals surface area contributed by atoms with Gasteiger partial charge in [0, 0.05) is 50.1 Å². The molecule has 1 saturated carbocycles. The van der Waals surface area contributed by atoms with Gasteiger partial charge in [-0.25, -0.2) is 0 Å². The summed E-state index contributed by atoms with van der Waals surface area (Å²) in [4.78, 5) is 45.0. The van der Waals surface area contributed by atoms with Crippen LogP contribution in [0, 0.1) is 0 Å². The third-order valence-corrected chi connectivity index (χ3v) is 7.42. The van der Waals surface area contributed by atoms with E-state index in [4.69, 9.17) is 4.74 Å². The summed E-state index contributed by atoms with van der Waals surface area (Å²) in [5.41, 5.74) is 4.13. The molecule has 0 bridgehead atoms. The highest BCUT2D eigenvalue weighted by atomic mass is 16.5. The van der Waals surface area contributed by atoms with E-state index < -0.39 is 6.04 Å². The lowest BCUT2D eigenvalue weighted by atomic mass is 10.0. The Morgan fingerprint density at radius 2 is 1.85 bits per heavy atom. The number of benzene rings is 1. The van der Waals surface area contributed by atoms with E-state index in [0.717, 1.165) is 43.7 Å². The molecular weight excluding hydrogens is 420 g/mol. The molecule has 1 saturated heterocycles. The second-order valence-electron chi connectivity index (χ2n) is 9.42. The van der Waals surface area contributed by atoms with Gasteiger partial charge in [-0.05, 0) is 66.6 Å². The number of fused-ring (bicyclic) bond motifs is 2. The fourth-order valence-corrected chi connectivity index (χ4v) is 5.74. The van der Waals surface area contributed by atoms with Crippen molar-refractivity contribution >= 4 is 17.7 Å². The fourth-order valence-electron chi connectivity index (χ4n) is 5.74. The molecule has 2 aromatic rings. The summed E-state index contributed by atoms with van der Waals surface area (Å²) in [7, 11) is 0. The van der Waals surface area contributed by atoms with Crippen LogP contribution in [0.15, 0.2) is 36.7 Å². The third kappa shape index (κ3) is 3.58. The summed E-state index contributed by atoms with van der Waals surface area (Å²) in [5, 5.41) is 2.35. The minimum absolute atomic E-state index is 0.105. The number of imide groups is 1. The smallest absolute Gasteiger partial charge is 0.255 e. The number of nitrogens with zero attached hydrogens (tertiary/aromatic N) is 3. The Morgan fingerprint density at radius 1 is 0.970 bits per heavy atom. The summed E-state index contributed by atoms with van der Waals surface area (Å²) in [5.74, 6) is -0.0609. The average Bonchev–Trinajstić information content (AvgIpc) is 3.51. The van der Waals surface area contributed by atoms with E-state index in [1.807, 2.05) is 24.5 Å². The van der Waals surface area contributed by atoms with Crippen molar-refractivity contribution in [2.45, 2.75) is 69.9 Å². The van der Waals surface area contributed by atoms with Crippen molar-refractivity contribution in [3.63, 3.8) is 0 Å². The first kappa shape index (κ1) is 20.4. The van der Waals surface area contributed by atoms with Crippen molar-refractivity contribution in [1.82, 2.24) is 20.1 Å². The number of carbonyl (C=O) groups is 3. The van der Waals surface area contributed by atoms with Gasteiger partial charge in [0.05, 0.1) is 0 Å².